The van der Waals surface area contributed by atoms with Crippen LogP contribution in [0.2, 0.25) is 0 Å². The van der Waals surface area contributed by atoms with Crippen molar-refractivity contribution >= 4 is 44.0 Å². The summed E-state index contributed by atoms with van der Waals surface area (Å²) in [7, 11) is 0. The minimum Gasteiger partial charge on any atom is -0.455 e. The van der Waals surface area contributed by atoms with E-state index >= 15 is 0 Å². The van der Waals surface area contributed by atoms with Crippen LogP contribution in [-0.4, -0.2) is 24.9 Å². The van der Waals surface area contributed by atoms with Gasteiger partial charge in [0.2, 0.25) is 0 Å². The smallest absolute Gasteiger partial charge is 0.180 e. The second-order valence-corrected chi connectivity index (χ2v) is 13.7. The molecule has 7 nitrogen and oxygen atoms in total. The van der Waals surface area contributed by atoms with Crippen LogP contribution >= 0.6 is 0 Å². The number of furan rings is 2. The average Bonchev–Trinajstić information content (AvgIpc) is 3.85. The lowest BCUT2D eigenvalue weighted by molar-refractivity contribution is 0.666. The zero-order valence-corrected chi connectivity index (χ0v) is 29.8. The molecule has 4 aromatic heterocycles. The van der Waals surface area contributed by atoms with Crippen LogP contribution in [0.15, 0.2) is 185 Å². The molecule has 0 spiro atoms. The zero-order chi connectivity index (χ0) is 37.0. The third kappa shape index (κ3) is 5.41. The van der Waals surface area contributed by atoms with Gasteiger partial charge in [0.15, 0.2) is 28.9 Å². The van der Waals surface area contributed by atoms with Crippen molar-refractivity contribution in [2.75, 3.05) is 0 Å². The number of hydrogen-bond donors (Lipinski definition) is 0. The molecule has 0 radical (unpaired) electrons. The molecule has 0 atom stereocenters. The van der Waals surface area contributed by atoms with Gasteiger partial charge in [-0.25, -0.2) is 24.9 Å². The van der Waals surface area contributed by atoms with Crippen LogP contribution in [0.3, 0.4) is 0 Å². The molecule has 0 N–H and O–H groups in total. The van der Waals surface area contributed by atoms with E-state index in [9.17, 15) is 0 Å². The molecule has 0 aliphatic carbocycles. The highest BCUT2D eigenvalue weighted by atomic mass is 16.3. The van der Waals surface area contributed by atoms with Gasteiger partial charge in [-0.15, -0.1) is 0 Å². The molecule has 7 heteroatoms. The SMILES string of the molecule is c1ccc(-c2cccc(-c3nc(-c4ccccc4)nc(-c4ccc5oc6c(-c7nc(-c8ccccc8)c8oc9ccccc9c8n7)cccc6c5c4)n3)c2)cc1. The quantitative estimate of drug-likeness (QED) is 0.169. The van der Waals surface area contributed by atoms with Gasteiger partial charge in [0.1, 0.15) is 28.0 Å². The van der Waals surface area contributed by atoms with Gasteiger partial charge in [0.05, 0.1) is 5.56 Å². The summed E-state index contributed by atoms with van der Waals surface area (Å²) < 4.78 is 13.0. The second kappa shape index (κ2) is 13.0. The molecule has 0 amide bonds. The molecule has 56 heavy (non-hydrogen) atoms. The van der Waals surface area contributed by atoms with E-state index < -0.39 is 0 Å². The Balaban J connectivity index is 1.07. The molecule has 0 unspecified atom stereocenters. The molecule has 0 saturated carbocycles. The fraction of sp³-hybridized carbons (Fsp3) is 0. The summed E-state index contributed by atoms with van der Waals surface area (Å²) in [6.07, 6.45) is 0. The molecule has 0 bridgehead atoms. The Hall–Kier alpha value is -7.77. The van der Waals surface area contributed by atoms with Crippen molar-refractivity contribution in [2.24, 2.45) is 0 Å². The second-order valence-electron chi connectivity index (χ2n) is 13.7. The van der Waals surface area contributed by atoms with Crippen molar-refractivity contribution in [1.29, 1.82) is 0 Å². The van der Waals surface area contributed by atoms with Gasteiger partial charge in [0, 0.05) is 38.4 Å². The highest BCUT2D eigenvalue weighted by Gasteiger charge is 2.21. The van der Waals surface area contributed by atoms with Crippen molar-refractivity contribution in [3.8, 4) is 67.9 Å². The maximum atomic E-state index is 6.64. The van der Waals surface area contributed by atoms with Gasteiger partial charge >= 0.3 is 0 Å². The van der Waals surface area contributed by atoms with Crippen LogP contribution in [0.25, 0.3) is 112 Å². The molecule has 11 aromatic rings. The van der Waals surface area contributed by atoms with E-state index in [1.807, 2.05) is 140 Å². The lowest BCUT2D eigenvalue weighted by atomic mass is 10.0. The molecular weight excluding hydrogens is 691 g/mol. The minimum absolute atomic E-state index is 0.556. The van der Waals surface area contributed by atoms with Gasteiger partial charge in [-0.1, -0.05) is 133 Å². The van der Waals surface area contributed by atoms with Crippen LogP contribution in [0.1, 0.15) is 0 Å². The predicted molar refractivity (Wildman–Crippen MR) is 223 cm³/mol. The van der Waals surface area contributed by atoms with Gasteiger partial charge in [-0.05, 0) is 53.6 Å². The normalized spacial score (nSPS) is 11.6. The monoisotopic (exact) mass is 719 g/mol. The lowest BCUT2D eigenvalue weighted by Gasteiger charge is -2.10. The third-order valence-electron chi connectivity index (χ3n) is 10.2. The highest BCUT2D eigenvalue weighted by Crippen LogP contribution is 2.40. The summed E-state index contributed by atoms with van der Waals surface area (Å²) in [5, 5.41) is 2.81. The van der Waals surface area contributed by atoms with Gasteiger partial charge in [-0.2, -0.15) is 0 Å². The first-order valence-corrected chi connectivity index (χ1v) is 18.4. The maximum absolute atomic E-state index is 6.64. The number of fused-ring (bicyclic) bond motifs is 6. The fourth-order valence-electron chi connectivity index (χ4n) is 7.44. The summed E-state index contributed by atoms with van der Waals surface area (Å²) >= 11 is 0. The zero-order valence-electron chi connectivity index (χ0n) is 29.8. The van der Waals surface area contributed by atoms with Crippen molar-refractivity contribution in [1.82, 2.24) is 24.9 Å². The summed E-state index contributed by atoms with van der Waals surface area (Å²) in [6, 6.07) is 58.9. The fourth-order valence-corrected chi connectivity index (χ4v) is 7.44. The van der Waals surface area contributed by atoms with Gasteiger partial charge in [0.25, 0.3) is 0 Å². The number of hydrogen-bond acceptors (Lipinski definition) is 7. The van der Waals surface area contributed by atoms with Crippen molar-refractivity contribution in [3.05, 3.63) is 176 Å². The lowest BCUT2D eigenvalue weighted by Crippen LogP contribution is -2.00. The Morgan fingerprint density at radius 2 is 0.857 bits per heavy atom. The Morgan fingerprint density at radius 3 is 1.62 bits per heavy atom. The molecule has 0 saturated heterocycles. The maximum Gasteiger partial charge on any atom is 0.180 e. The molecule has 7 aromatic carbocycles. The Morgan fingerprint density at radius 1 is 0.304 bits per heavy atom. The van der Waals surface area contributed by atoms with Crippen LogP contribution in [0.5, 0.6) is 0 Å². The van der Waals surface area contributed by atoms with E-state index in [2.05, 4.69) is 36.4 Å². The minimum atomic E-state index is 0.556. The number of benzene rings is 7. The molecular formula is C49H29N5O2. The number of rotatable bonds is 6. The topological polar surface area (TPSA) is 90.7 Å². The van der Waals surface area contributed by atoms with E-state index in [4.69, 9.17) is 33.8 Å². The molecule has 11 rings (SSSR count). The van der Waals surface area contributed by atoms with E-state index in [-0.39, 0.29) is 0 Å². The van der Waals surface area contributed by atoms with Crippen molar-refractivity contribution in [3.63, 3.8) is 0 Å². The van der Waals surface area contributed by atoms with E-state index in [1.54, 1.807) is 0 Å². The van der Waals surface area contributed by atoms with Crippen molar-refractivity contribution in [2.45, 2.75) is 0 Å². The largest absolute Gasteiger partial charge is 0.455 e. The molecule has 0 aliphatic heterocycles. The van der Waals surface area contributed by atoms with E-state index in [0.717, 1.165) is 77.5 Å². The highest BCUT2D eigenvalue weighted by molar-refractivity contribution is 6.11. The number of aromatic nitrogens is 5. The summed E-state index contributed by atoms with van der Waals surface area (Å²) in [6.45, 7) is 0. The van der Waals surface area contributed by atoms with Crippen molar-refractivity contribution < 1.29 is 8.83 Å². The Kier molecular flexibility index (Phi) is 7.35. The molecule has 0 aliphatic rings. The van der Waals surface area contributed by atoms with Crippen LogP contribution in [0.4, 0.5) is 0 Å². The average molecular weight is 720 g/mol. The molecule has 4 heterocycles. The van der Waals surface area contributed by atoms with Crippen LogP contribution < -0.4 is 0 Å². The number of para-hydroxylation sites is 2. The first-order valence-electron chi connectivity index (χ1n) is 18.4. The van der Waals surface area contributed by atoms with Crippen LogP contribution in [-0.2, 0) is 0 Å². The van der Waals surface area contributed by atoms with Gasteiger partial charge in [-0.3, -0.25) is 0 Å². The first kappa shape index (κ1) is 31.7. The summed E-state index contributed by atoms with van der Waals surface area (Å²) in [5.74, 6) is 2.32. The predicted octanol–water partition coefficient (Wildman–Crippen LogP) is 12.5. The Bertz CT molecular complexity index is 3250. The van der Waals surface area contributed by atoms with Crippen LogP contribution in [0, 0.1) is 0 Å². The summed E-state index contributed by atoms with van der Waals surface area (Å²) in [4.78, 5) is 25.3. The van der Waals surface area contributed by atoms with Gasteiger partial charge < -0.3 is 8.83 Å². The molecule has 262 valence electrons. The first-order chi connectivity index (χ1) is 27.7. The van der Waals surface area contributed by atoms with E-state index in [1.165, 1.54) is 0 Å². The Labute approximate surface area is 320 Å². The standard InChI is InChI=1S/C49H29N5O2/c1-4-14-30(15-5-1)33-20-12-21-34(28-33)47-52-46(32-18-8-3-9-19-32)53-48(54-47)35-26-27-41-39(29-35)36-23-13-24-38(44(36)55-41)49-50-42(31-16-6-2-7-17-31)45-43(51-49)37-22-10-11-25-40(37)56-45/h1-29H. The van der Waals surface area contributed by atoms with E-state index in [0.29, 0.717) is 34.5 Å². The summed E-state index contributed by atoms with van der Waals surface area (Å²) in [5.41, 5.74) is 11.0. The molecule has 0 fully saturated rings. The number of nitrogens with zero attached hydrogens (tertiary/aromatic N) is 5. The third-order valence-corrected chi connectivity index (χ3v) is 10.2.